The molecule has 0 bridgehead atoms. The Labute approximate surface area is 70.8 Å². The first-order valence-corrected chi connectivity index (χ1v) is 4.13. The van der Waals surface area contributed by atoms with Gasteiger partial charge in [0.15, 0.2) is 5.17 Å². The molecule has 0 atom stereocenters. The summed E-state index contributed by atoms with van der Waals surface area (Å²) < 4.78 is 0. The van der Waals surface area contributed by atoms with Gasteiger partial charge in [0.25, 0.3) is 5.91 Å². The molecule has 1 fully saturated rings. The predicted molar refractivity (Wildman–Crippen MR) is 44.0 cm³/mol. The molecule has 1 rings (SSSR count). The summed E-state index contributed by atoms with van der Waals surface area (Å²) in [5.74, 6) is -0.327. The number of likely N-dealkylation sites (tertiary alicyclic amines) is 1. The Bertz CT molecular complexity index is 175. The minimum atomic E-state index is -0.369. The van der Waals surface area contributed by atoms with Crippen LogP contribution in [0.5, 0.6) is 0 Å². The molecule has 1 aliphatic rings. The Kier molecular flexibility index (Phi) is 2.88. The summed E-state index contributed by atoms with van der Waals surface area (Å²) in [7, 11) is 0. The van der Waals surface area contributed by atoms with Gasteiger partial charge in [0, 0.05) is 13.1 Å². The number of hydrogen-bond donors (Lipinski definition) is 1. The third-order valence-corrected chi connectivity index (χ3v) is 1.99. The van der Waals surface area contributed by atoms with E-state index in [4.69, 9.17) is 17.0 Å². The molecule has 0 aromatic heterocycles. The second-order valence-electron chi connectivity index (χ2n) is 2.67. The molecule has 4 heteroatoms. The van der Waals surface area contributed by atoms with E-state index in [1.165, 1.54) is 6.42 Å². The van der Waals surface area contributed by atoms with Crippen molar-refractivity contribution in [3.8, 4) is 0 Å². The van der Waals surface area contributed by atoms with Crippen LogP contribution < -0.4 is 0 Å². The van der Waals surface area contributed by atoms with Gasteiger partial charge in [-0.3, -0.25) is 10.2 Å². The third-order valence-electron chi connectivity index (χ3n) is 1.83. The number of piperidine rings is 1. The van der Waals surface area contributed by atoms with E-state index in [1.807, 2.05) is 0 Å². The molecule has 0 radical (unpaired) electrons. The van der Waals surface area contributed by atoms with Crippen molar-refractivity contribution in [2.24, 2.45) is 0 Å². The van der Waals surface area contributed by atoms with Crippen LogP contribution >= 0.6 is 11.6 Å². The van der Waals surface area contributed by atoms with Gasteiger partial charge in [0.2, 0.25) is 0 Å². The normalized spacial score (nSPS) is 18.1. The largest absolute Gasteiger partial charge is 0.337 e. The van der Waals surface area contributed by atoms with E-state index >= 15 is 0 Å². The second-order valence-corrected chi connectivity index (χ2v) is 3.04. The van der Waals surface area contributed by atoms with Crippen molar-refractivity contribution in [3.63, 3.8) is 0 Å². The van der Waals surface area contributed by atoms with Gasteiger partial charge < -0.3 is 4.90 Å². The Morgan fingerprint density at radius 2 is 1.82 bits per heavy atom. The van der Waals surface area contributed by atoms with Gasteiger partial charge in [0.05, 0.1) is 0 Å². The van der Waals surface area contributed by atoms with E-state index in [2.05, 4.69) is 0 Å². The first kappa shape index (κ1) is 8.53. The van der Waals surface area contributed by atoms with Gasteiger partial charge >= 0.3 is 0 Å². The molecule has 0 aromatic carbocycles. The minimum Gasteiger partial charge on any atom is -0.337 e. The maximum atomic E-state index is 11.1. The van der Waals surface area contributed by atoms with Crippen molar-refractivity contribution >= 4 is 22.7 Å². The van der Waals surface area contributed by atoms with Crippen molar-refractivity contribution in [2.45, 2.75) is 19.3 Å². The maximum absolute atomic E-state index is 11.1. The molecule has 11 heavy (non-hydrogen) atoms. The summed E-state index contributed by atoms with van der Waals surface area (Å²) >= 11 is 5.25. The lowest BCUT2D eigenvalue weighted by atomic mass is 10.1. The van der Waals surface area contributed by atoms with Crippen LogP contribution in [0.4, 0.5) is 0 Å². The van der Waals surface area contributed by atoms with E-state index < -0.39 is 0 Å². The van der Waals surface area contributed by atoms with Crippen LogP contribution in [-0.4, -0.2) is 29.1 Å². The van der Waals surface area contributed by atoms with E-state index in [-0.39, 0.29) is 11.1 Å². The standard InChI is InChI=1S/C7H11ClN2O/c8-6(9)7(11)10-4-2-1-3-5-10/h9H,1-5H2. The monoisotopic (exact) mass is 174 g/mol. The SMILES string of the molecule is N=C(Cl)C(=O)N1CCCCC1. The summed E-state index contributed by atoms with van der Waals surface area (Å²) in [5, 5.41) is 6.54. The fourth-order valence-corrected chi connectivity index (χ4v) is 1.36. The molecule has 0 saturated carbocycles. The average molecular weight is 175 g/mol. The molecule has 1 amide bonds. The second kappa shape index (κ2) is 3.72. The molecule has 1 N–H and O–H groups in total. The highest BCUT2D eigenvalue weighted by Crippen LogP contribution is 2.09. The number of halogens is 1. The molecule has 0 aliphatic carbocycles. The average Bonchev–Trinajstić information content (AvgIpc) is 2.05. The topological polar surface area (TPSA) is 44.2 Å². The molecule has 1 heterocycles. The number of carbonyl (C=O) groups is 1. The zero-order valence-electron chi connectivity index (χ0n) is 6.27. The van der Waals surface area contributed by atoms with Gasteiger partial charge in [-0.25, -0.2) is 0 Å². The molecule has 0 spiro atoms. The molecular weight excluding hydrogens is 164 g/mol. The summed E-state index contributed by atoms with van der Waals surface area (Å²) in [5.41, 5.74) is 0. The smallest absolute Gasteiger partial charge is 0.283 e. The molecular formula is C7H11ClN2O. The van der Waals surface area contributed by atoms with Gasteiger partial charge in [-0.1, -0.05) is 11.6 Å². The van der Waals surface area contributed by atoms with Crippen LogP contribution in [-0.2, 0) is 4.79 Å². The van der Waals surface area contributed by atoms with Crippen molar-refractivity contribution in [3.05, 3.63) is 0 Å². The van der Waals surface area contributed by atoms with Gasteiger partial charge in [0.1, 0.15) is 0 Å². The zero-order chi connectivity index (χ0) is 8.27. The Morgan fingerprint density at radius 3 is 2.27 bits per heavy atom. The molecule has 0 aromatic rings. The zero-order valence-corrected chi connectivity index (χ0v) is 7.02. The molecule has 0 unspecified atom stereocenters. The van der Waals surface area contributed by atoms with Crippen LogP contribution in [0.3, 0.4) is 0 Å². The summed E-state index contributed by atoms with van der Waals surface area (Å²) in [4.78, 5) is 12.7. The van der Waals surface area contributed by atoms with Crippen molar-refractivity contribution in [1.29, 1.82) is 5.41 Å². The lowest BCUT2D eigenvalue weighted by Gasteiger charge is -2.25. The lowest BCUT2D eigenvalue weighted by Crippen LogP contribution is -2.38. The Hall–Kier alpha value is -0.570. The van der Waals surface area contributed by atoms with Gasteiger partial charge in [-0.15, -0.1) is 0 Å². The summed E-state index contributed by atoms with van der Waals surface area (Å²) in [6.07, 6.45) is 3.26. The van der Waals surface area contributed by atoms with Crippen LogP contribution in [0.1, 0.15) is 19.3 Å². The summed E-state index contributed by atoms with van der Waals surface area (Å²) in [6.45, 7) is 1.52. The number of carbonyl (C=O) groups excluding carboxylic acids is 1. The summed E-state index contributed by atoms with van der Waals surface area (Å²) in [6, 6.07) is 0. The van der Waals surface area contributed by atoms with E-state index in [9.17, 15) is 4.79 Å². The third kappa shape index (κ3) is 2.19. The van der Waals surface area contributed by atoms with E-state index in [1.54, 1.807) is 4.90 Å². The Balaban J connectivity index is 2.45. The fraction of sp³-hybridized carbons (Fsp3) is 0.714. The van der Waals surface area contributed by atoms with Crippen molar-refractivity contribution < 1.29 is 4.79 Å². The Morgan fingerprint density at radius 1 is 1.27 bits per heavy atom. The number of nitrogens with one attached hydrogen (secondary N) is 1. The van der Waals surface area contributed by atoms with Crippen LogP contribution in [0.2, 0.25) is 0 Å². The maximum Gasteiger partial charge on any atom is 0.283 e. The molecule has 1 saturated heterocycles. The lowest BCUT2D eigenvalue weighted by molar-refractivity contribution is -0.124. The van der Waals surface area contributed by atoms with E-state index in [0.717, 1.165) is 25.9 Å². The first-order chi connectivity index (χ1) is 5.22. The number of hydrogen-bond acceptors (Lipinski definition) is 2. The highest BCUT2D eigenvalue weighted by molar-refractivity contribution is 6.81. The quantitative estimate of drug-likeness (QED) is 0.597. The molecule has 62 valence electrons. The van der Waals surface area contributed by atoms with Crippen LogP contribution in [0, 0.1) is 5.41 Å². The first-order valence-electron chi connectivity index (χ1n) is 3.75. The van der Waals surface area contributed by atoms with E-state index in [0.29, 0.717) is 0 Å². The van der Waals surface area contributed by atoms with Gasteiger partial charge in [-0.2, -0.15) is 0 Å². The minimum absolute atomic E-state index is 0.327. The highest BCUT2D eigenvalue weighted by Gasteiger charge is 2.18. The number of amides is 1. The fourth-order valence-electron chi connectivity index (χ4n) is 1.24. The molecule has 3 nitrogen and oxygen atoms in total. The van der Waals surface area contributed by atoms with Crippen LogP contribution in [0.25, 0.3) is 0 Å². The van der Waals surface area contributed by atoms with Gasteiger partial charge in [-0.05, 0) is 19.3 Å². The predicted octanol–water partition coefficient (Wildman–Crippen LogP) is 1.21. The number of nitrogens with zero attached hydrogens (tertiary/aromatic N) is 1. The highest BCUT2D eigenvalue weighted by atomic mass is 35.5. The van der Waals surface area contributed by atoms with Crippen molar-refractivity contribution in [2.75, 3.05) is 13.1 Å². The van der Waals surface area contributed by atoms with Crippen LogP contribution in [0.15, 0.2) is 0 Å². The number of rotatable bonds is 1. The molecule has 1 aliphatic heterocycles. The van der Waals surface area contributed by atoms with Crippen molar-refractivity contribution in [1.82, 2.24) is 4.90 Å².